The van der Waals surface area contributed by atoms with Crippen LogP contribution in [-0.2, 0) is 4.74 Å². The lowest BCUT2D eigenvalue weighted by molar-refractivity contribution is 0.0697. The summed E-state index contributed by atoms with van der Waals surface area (Å²) in [6.45, 7) is 16.2. The minimum absolute atomic E-state index is 0.0620. The first-order valence-corrected chi connectivity index (χ1v) is 15.6. The summed E-state index contributed by atoms with van der Waals surface area (Å²) in [7, 11) is 4.64. The number of amides is 1. The molecule has 1 aliphatic rings. The molecule has 1 amide bonds. The maximum absolute atomic E-state index is 12.5. The number of rotatable bonds is 13. The van der Waals surface area contributed by atoms with E-state index in [2.05, 4.69) is 49.9 Å². The van der Waals surface area contributed by atoms with Crippen LogP contribution >= 0.6 is 11.9 Å². The highest BCUT2D eigenvalue weighted by molar-refractivity contribution is 7.97. The Morgan fingerprint density at radius 1 is 1.07 bits per heavy atom. The first-order valence-electron chi connectivity index (χ1n) is 14.8. The summed E-state index contributed by atoms with van der Waals surface area (Å²) < 4.78 is 24.9. The standard InChI is InChI=1S/C32H42N2O6S.C2H6/c1-8-9-24(12-10-22(4)26-20-23(21(2)3)11-13-27(26)37-5)40-25-16-18-34(19-17-25)41-29-15-14-28(38-6)31(39-7)30(29)32(35)33-36;1-2/h9-15,20-21,25,36H,4,8,16-19H2,1-3,5-7H3,(H,33,35);1-2H3/b12-10-,24-9+;. The van der Waals surface area contributed by atoms with E-state index >= 15 is 0 Å². The van der Waals surface area contributed by atoms with Crippen molar-refractivity contribution in [3.63, 3.8) is 0 Å². The van der Waals surface area contributed by atoms with E-state index in [1.54, 1.807) is 24.7 Å². The van der Waals surface area contributed by atoms with E-state index < -0.39 is 5.91 Å². The van der Waals surface area contributed by atoms with Crippen LogP contribution in [0.1, 0.15) is 81.3 Å². The first kappa shape index (κ1) is 35.8. The monoisotopic (exact) mass is 612 g/mol. The van der Waals surface area contributed by atoms with Gasteiger partial charge >= 0.3 is 0 Å². The van der Waals surface area contributed by atoms with Gasteiger partial charge in [-0.15, -0.1) is 0 Å². The number of nitrogens with one attached hydrogen (secondary N) is 1. The second-order valence-corrected chi connectivity index (χ2v) is 11.1. The Morgan fingerprint density at radius 3 is 2.28 bits per heavy atom. The molecule has 8 nitrogen and oxygen atoms in total. The molecule has 1 aliphatic heterocycles. The van der Waals surface area contributed by atoms with Gasteiger partial charge in [0.2, 0.25) is 0 Å². The average Bonchev–Trinajstić information content (AvgIpc) is 3.04. The molecule has 0 radical (unpaired) electrons. The molecule has 43 heavy (non-hydrogen) atoms. The zero-order valence-electron chi connectivity index (χ0n) is 26.9. The molecule has 236 valence electrons. The summed E-state index contributed by atoms with van der Waals surface area (Å²) in [5, 5.41) is 9.31. The predicted molar refractivity (Wildman–Crippen MR) is 175 cm³/mol. The molecule has 0 aliphatic carbocycles. The fourth-order valence-corrected chi connectivity index (χ4v) is 5.67. The van der Waals surface area contributed by atoms with Crippen molar-refractivity contribution >= 4 is 23.4 Å². The fraction of sp³-hybridized carbons (Fsp3) is 0.441. The molecule has 0 spiro atoms. The van der Waals surface area contributed by atoms with Crippen molar-refractivity contribution in [3.8, 4) is 17.2 Å². The van der Waals surface area contributed by atoms with Gasteiger partial charge in [0.15, 0.2) is 11.5 Å². The van der Waals surface area contributed by atoms with E-state index in [1.807, 2.05) is 32.1 Å². The quantitative estimate of drug-likeness (QED) is 0.0773. The van der Waals surface area contributed by atoms with Crippen LogP contribution in [0.4, 0.5) is 0 Å². The van der Waals surface area contributed by atoms with Crippen LogP contribution in [0.5, 0.6) is 17.2 Å². The summed E-state index contributed by atoms with van der Waals surface area (Å²) in [4.78, 5) is 13.1. The molecule has 0 aromatic heterocycles. The second kappa shape index (κ2) is 18.3. The summed E-state index contributed by atoms with van der Waals surface area (Å²) in [6.07, 6.45) is 8.60. The lowest BCUT2D eigenvalue weighted by Crippen LogP contribution is -2.33. The van der Waals surface area contributed by atoms with Crippen molar-refractivity contribution < 1.29 is 28.9 Å². The van der Waals surface area contributed by atoms with E-state index in [0.29, 0.717) is 16.6 Å². The number of hydrogen-bond donors (Lipinski definition) is 2. The van der Waals surface area contributed by atoms with Gasteiger partial charge < -0.3 is 18.9 Å². The van der Waals surface area contributed by atoms with Crippen molar-refractivity contribution in [2.75, 3.05) is 34.4 Å². The number of nitrogens with zero attached hydrogens (tertiary/aromatic N) is 1. The van der Waals surface area contributed by atoms with Gasteiger partial charge in [-0.1, -0.05) is 53.3 Å². The number of methoxy groups -OCH3 is 3. The Hall–Kier alpha value is -3.40. The lowest BCUT2D eigenvalue weighted by Gasteiger charge is -2.32. The molecule has 1 heterocycles. The third-order valence-corrected chi connectivity index (χ3v) is 8.02. The summed E-state index contributed by atoms with van der Waals surface area (Å²) in [5.74, 6) is 2.06. The molecule has 9 heteroatoms. The van der Waals surface area contributed by atoms with E-state index in [9.17, 15) is 10.0 Å². The minimum atomic E-state index is -0.655. The van der Waals surface area contributed by atoms with Gasteiger partial charge in [-0.3, -0.25) is 10.0 Å². The van der Waals surface area contributed by atoms with E-state index in [-0.39, 0.29) is 17.4 Å². The number of ether oxygens (including phenoxy) is 4. The van der Waals surface area contributed by atoms with Crippen molar-refractivity contribution in [3.05, 3.63) is 77.6 Å². The largest absolute Gasteiger partial charge is 0.496 e. The molecule has 1 saturated heterocycles. The normalized spacial score (nSPS) is 14.2. The van der Waals surface area contributed by atoms with E-state index in [0.717, 1.165) is 55.0 Å². The van der Waals surface area contributed by atoms with Crippen LogP contribution in [0.25, 0.3) is 5.57 Å². The fourth-order valence-electron chi connectivity index (χ4n) is 4.59. The number of allylic oxidation sites excluding steroid dienone is 4. The maximum atomic E-state index is 12.5. The van der Waals surface area contributed by atoms with Crippen LogP contribution in [0.3, 0.4) is 0 Å². The third kappa shape index (κ3) is 9.81. The van der Waals surface area contributed by atoms with Crippen molar-refractivity contribution in [1.29, 1.82) is 0 Å². The average molecular weight is 613 g/mol. The third-order valence-electron chi connectivity index (χ3n) is 6.86. The highest BCUT2D eigenvalue weighted by atomic mass is 32.2. The van der Waals surface area contributed by atoms with Gasteiger partial charge in [-0.2, -0.15) is 0 Å². The molecule has 0 bridgehead atoms. The van der Waals surface area contributed by atoms with Crippen LogP contribution < -0.4 is 19.7 Å². The molecular formula is C34H48N2O6S. The molecule has 3 rings (SSSR count). The molecule has 2 N–H and O–H groups in total. The Balaban J connectivity index is 0.00000316. The van der Waals surface area contributed by atoms with E-state index in [4.69, 9.17) is 18.9 Å². The molecule has 1 fully saturated rings. The highest BCUT2D eigenvalue weighted by Gasteiger charge is 2.26. The SMILES string of the molecule is C=C(/C=C\C(=C/CC)OC1CCN(Sc2ccc(OC)c(OC)c2C(=O)NO)CC1)c1cc(C(C)C)ccc1OC.CC. The molecule has 0 atom stereocenters. The second-order valence-electron chi connectivity index (χ2n) is 9.94. The molecule has 0 saturated carbocycles. The van der Waals surface area contributed by atoms with E-state index in [1.165, 1.54) is 31.7 Å². The van der Waals surface area contributed by atoms with Crippen molar-refractivity contribution in [1.82, 2.24) is 9.79 Å². The number of piperidine rings is 1. The van der Waals surface area contributed by atoms with Crippen LogP contribution in [0.15, 0.2) is 65.8 Å². The van der Waals surface area contributed by atoms with Crippen molar-refractivity contribution in [2.24, 2.45) is 0 Å². The van der Waals surface area contributed by atoms with Gasteiger partial charge in [0.05, 0.1) is 21.3 Å². The Bertz CT molecular complexity index is 1270. The topological polar surface area (TPSA) is 89.5 Å². The molecular weight excluding hydrogens is 564 g/mol. The van der Waals surface area contributed by atoms with Gasteiger partial charge in [0.1, 0.15) is 23.2 Å². The van der Waals surface area contributed by atoms with Crippen LogP contribution in [-0.4, -0.2) is 55.9 Å². The first-order chi connectivity index (χ1) is 20.8. The summed E-state index contributed by atoms with van der Waals surface area (Å²) >= 11 is 1.45. The zero-order chi connectivity index (χ0) is 31.9. The highest BCUT2D eigenvalue weighted by Crippen LogP contribution is 2.40. The smallest absolute Gasteiger partial charge is 0.279 e. The number of hydrogen-bond acceptors (Lipinski definition) is 8. The Morgan fingerprint density at radius 2 is 1.72 bits per heavy atom. The Labute approximate surface area is 261 Å². The maximum Gasteiger partial charge on any atom is 0.279 e. The summed E-state index contributed by atoms with van der Waals surface area (Å²) in [6, 6.07) is 9.78. The number of benzene rings is 2. The number of carbonyl (C=O) groups is 1. The van der Waals surface area contributed by atoms with Crippen LogP contribution in [0, 0.1) is 0 Å². The van der Waals surface area contributed by atoms with Gasteiger partial charge in [-0.25, -0.2) is 9.79 Å². The van der Waals surface area contributed by atoms with Gasteiger partial charge in [0, 0.05) is 23.5 Å². The zero-order valence-corrected chi connectivity index (χ0v) is 27.7. The minimum Gasteiger partial charge on any atom is -0.496 e. The van der Waals surface area contributed by atoms with Gasteiger partial charge in [-0.05, 0) is 84.7 Å². The Kier molecular flexibility index (Phi) is 15.2. The van der Waals surface area contributed by atoms with Crippen molar-refractivity contribution in [2.45, 2.75) is 70.8 Å². The molecule has 2 aromatic carbocycles. The molecule has 2 aromatic rings. The van der Waals surface area contributed by atoms with Crippen LogP contribution in [0.2, 0.25) is 0 Å². The lowest BCUT2D eigenvalue weighted by atomic mass is 9.97. The number of hydroxylamine groups is 1. The predicted octanol–water partition coefficient (Wildman–Crippen LogP) is 8.03. The van der Waals surface area contributed by atoms with Gasteiger partial charge in [0.25, 0.3) is 5.91 Å². The number of carbonyl (C=O) groups excluding carboxylic acids is 1. The molecule has 0 unspecified atom stereocenters. The summed E-state index contributed by atoms with van der Waals surface area (Å²) in [5.41, 5.74) is 5.01.